The van der Waals surface area contributed by atoms with E-state index < -0.39 is 29.3 Å². The molecule has 1 unspecified atom stereocenters. The second-order valence-electron chi connectivity index (χ2n) is 4.03. The normalized spacial score (nSPS) is 12.5. The molecule has 0 aliphatic carbocycles. The first kappa shape index (κ1) is 15.0. The van der Waals surface area contributed by atoms with Crippen LogP contribution in [0.5, 0.6) is 0 Å². The summed E-state index contributed by atoms with van der Waals surface area (Å²) in [6, 6.07) is 3.91. The highest BCUT2D eigenvalue weighted by molar-refractivity contribution is 9.10. The van der Waals surface area contributed by atoms with Gasteiger partial charge in [-0.1, -0.05) is 6.07 Å². The van der Waals surface area contributed by atoms with Crippen LogP contribution in [-0.4, -0.2) is 0 Å². The molecule has 0 spiro atoms. The third-order valence-corrected chi connectivity index (χ3v) is 3.62. The predicted octanol–water partition coefficient (Wildman–Crippen LogP) is 3.56. The molecule has 20 heavy (non-hydrogen) atoms. The van der Waals surface area contributed by atoms with Crippen molar-refractivity contribution in [3.8, 4) is 0 Å². The minimum Gasteiger partial charge on any atom is -0.271 e. The van der Waals surface area contributed by atoms with E-state index >= 15 is 0 Å². The summed E-state index contributed by atoms with van der Waals surface area (Å²) in [7, 11) is 0. The number of hydrazine groups is 1. The number of halogens is 5. The number of rotatable bonds is 3. The number of nitrogens with two attached hydrogens (primary N) is 1. The summed E-state index contributed by atoms with van der Waals surface area (Å²) >= 11 is 2.89. The quantitative estimate of drug-likeness (QED) is 0.385. The Kier molecular flexibility index (Phi) is 4.42. The van der Waals surface area contributed by atoms with Crippen molar-refractivity contribution in [2.75, 3.05) is 0 Å². The van der Waals surface area contributed by atoms with Crippen LogP contribution in [0.3, 0.4) is 0 Å². The summed E-state index contributed by atoms with van der Waals surface area (Å²) in [6.07, 6.45) is 0. The van der Waals surface area contributed by atoms with Crippen LogP contribution in [0.2, 0.25) is 0 Å². The van der Waals surface area contributed by atoms with Gasteiger partial charge in [0.05, 0.1) is 10.5 Å². The van der Waals surface area contributed by atoms with Crippen molar-refractivity contribution in [1.29, 1.82) is 0 Å². The van der Waals surface area contributed by atoms with Gasteiger partial charge in [-0.3, -0.25) is 5.84 Å². The number of benzene rings is 2. The summed E-state index contributed by atoms with van der Waals surface area (Å²) in [5.41, 5.74) is 2.30. The average molecular weight is 349 g/mol. The Hall–Kier alpha value is -1.44. The zero-order valence-electron chi connectivity index (χ0n) is 9.93. The van der Waals surface area contributed by atoms with E-state index in [-0.39, 0.29) is 15.6 Å². The molecule has 2 aromatic carbocycles. The minimum atomic E-state index is -1.13. The Bertz CT molecular complexity index is 649. The van der Waals surface area contributed by atoms with Crippen molar-refractivity contribution in [2.24, 2.45) is 5.84 Å². The number of nitrogens with one attached hydrogen (secondary N) is 1. The van der Waals surface area contributed by atoms with Crippen molar-refractivity contribution in [3.63, 3.8) is 0 Å². The fourth-order valence-electron chi connectivity index (χ4n) is 1.85. The van der Waals surface area contributed by atoms with E-state index in [0.717, 1.165) is 24.3 Å². The second-order valence-corrected chi connectivity index (χ2v) is 4.82. The first-order valence-electron chi connectivity index (χ1n) is 5.50. The lowest BCUT2D eigenvalue weighted by molar-refractivity contribution is 0.495. The highest BCUT2D eigenvalue weighted by atomic mass is 79.9. The first-order chi connectivity index (χ1) is 9.45. The van der Waals surface area contributed by atoms with Gasteiger partial charge in [0, 0.05) is 5.56 Å². The molecule has 0 saturated heterocycles. The Labute approximate surface area is 120 Å². The molecule has 0 aliphatic heterocycles. The third kappa shape index (κ3) is 2.70. The molecule has 0 saturated carbocycles. The van der Waals surface area contributed by atoms with Crippen LogP contribution in [0.4, 0.5) is 17.6 Å². The highest BCUT2D eigenvalue weighted by Gasteiger charge is 2.22. The van der Waals surface area contributed by atoms with E-state index in [4.69, 9.17) is 5.84 Å². The topological polar surface area (TPSA) is 38.0 Å². The predicted molar refractivity (Wildman–Crippen MR) is 69.6 cm³/mol. The fourth-order valence-corrected chi connectivity index (χ4v) is 2.40. The van der Waals surface area contributed by atoms with Gasteiger partial charge < -0.3 is 0 Å². The maximum Gasteiger partial charge on any atom is 0.173 e. The van der Waals surface area contributed by atoms with Crippen LogP contribution in [-0.2, 0) is 0 Å². The summed E-state index contributed by atoms with van der Waals surface area (Å²) in [6.45, 7) is 0. The van der Waals surface area contributed by atoms with E-state index in [9.17, 15) is 17.6 Å². The number of hydrogen-bond donors (Lipinski definition) is 2. The van der Waals surface area contributed by atoms with E-state index in [1.54, 1.807) is 0 Å². The lowest BCUT2D eigenvalue weighted by Crippen LogP contribution is -2.30. The van der Waals surface area contributed by atoms with Crippen LogP contribution in [0.1, 0.15) is 17.2 Å². The smallest absolute Gasteiger partial charge is 0.173 e. The SMILES string of the molecule is NNC(c1cc(F)ccc1F)c1ccc(F)c(F)c1Br. The first-order valence-corrected chi connectivity index (χ1v) is 6.29. The Morgan fingerprint density at radius 3 is 2.25 bits per heavy atom. The van der Waals surface area contributed by atoms with Crippen LogP contribution in [0, 0.1) is 23.3 Å². The average Bonchev–Trinajstić information content (AvgIpc) is 2.43. The molecule has 2 rings (SSSR count). The molecule has 0 fully saturated rings. The molecule has 0 aromatic heterocycles. The molecular weight excluding hydrogens is 340 g/mol. The largest absolute Gasteiger partial charge is 0.271 e. The molecule has 2 aromatic rings. The standard InChI is InChI=1S/C13H9BrF4N2/c14-11-7(2-4-10(17)12(11)18)13(20-19)8-5-6(15)1-3-9(8)16/h1-5,13,20H,19H2. The molecule has 1 atom stereocenters. The monoisotopic (exact) mass is 348 g/mol. The maximum absolute atomic E-state index is 13.8. The lowest BCUT2D eigenvalue weighted by Gasteiger charge is -2.19. The van der Waals surface area contributed by atoms with Gasteiger partial charge in [-0.2, -0.15) is 0 Å². The van der Waals surface area contributed by atoms with Gasteiger partial charge in [0.15, 0.2) is 11.6 Å². The zero-order chi connectivity index (χ0) is 14.9. The maximum atomic E-state index is 13.8. The van der Waals surface area contributed by atoms with Crippen molar-refractivity contribution in [3.05, 3.63) is 69.2 Å². The summed E-state index contributed by atoms with van der Waals surface area (Å²) in [5, 5.41) is 0. The highest BCUT2D eigenvalue weighted by Crippen LogP contribution is 2.32. The third-order valence-electron chi connectivity index (χ3n) is 2.81. The van der Waals surface area contributed by atoms with Crippen LogP contribution in [0.15, 0.2) is 34.8 Å². The molecule has 2 nitrogen and oxygen atoms in total. The molecule has 0 amide bonds. The van der Waals surface area contributed by atoms with Crippen molar-refractivity contribution in [1.82, 2.24) is 5.43 Å². The molecule has 0 aliphatic rings. The van der Waals surface area contributed by atoms with Crippen LogP contribution < -0.4 is 11.3 Å². The zero-order valence-corrected chi connectivity index (χ0v) is 11.5. The van der Waals surface area contributed by atoms with Gasteiger partial charge in [-0.15, -0.1) is 0 Å². The molecule has 0 bridgehead atoms. The molecule has 0 heterocycles. The fraction of sp³-hybridized carbons (Fsp3) is 0.0769. The van der Waals surface area contributed by atoms with Gasteiger partial charge in [0.25, 0.3) is 0 Å². The second kappa shape index (κ2) is 5.90. The van der Waals surface area contributed by atoms with Crippen molar-refractivity contribution >= 4 is 15.9 Å². The summed E-state index contributed by atoms with van der Waals surface area (Å²) < 4.78 is 53.4. The van der Waals surface area contributed by atoms with E-state index in [1.807, 2.05) is 0 Å². The Balaban J connectivity index is 2.58. The molecule has 106 valence electrons. The van der Waals surface area contributed by atoms with Gasteiger partial charge in [-0.25, -0.2) is 23.0 Å². The summed E-state index contributed by atoms with van der Waals surface area (Å²) in [5.74, 6) is 1.77. The van der Waals surface area contributed by atoms with Gasteiger partial charge >= 0.3 is 0 Å². The lowest BCUT2D eigenvalue weighted by atomic mass is 9.98. The Morgan fingerprint density at radius 1 is 0.950 bits per heavy atom. The Morgan fingerprint density at radius 2 is 1.60 bits per heavy atom. The molecule has 0 radical (unpaired) electrons. The van der Waals surface area contributed by atoms with Crippen molar-refractivity contribution in [2.45, 2.75) is 6.04 Å². The van der Waals surface area contributed by atoms with E-state index in [0.29, 0.717) is 0 Å². The van der Waals surface area contributed by atoms with Gasteiger partial charge in [0.2, 0.25) is 0 Å². The molecule has 7 heteroatoms. The van der Waals surface area contributed by atoms with E-state index in [1.165, 1.54) is 6.07 Å². The van der Waals surface area contributed by atoms with Gasteiger partial charge in [0.1, 0.15) is 11.6 Å². The number of hydrogen-bond acceptors (Lipinski definition) is 2. The van der Waals surface area contributed by atoms with Crippen LogP contribution in [0.25, 0.3) is 0 Å². The van der Waals surface area contributed by atoms with E-state index in [2.05, 4.69) is 21.4 Å². The van der Waals surface area contributed by atoms with Gasteiger partial charge in [-0.05, 0) is 45.8 Å². The minimum absolute atomic E-state index is 0.112. The summed E-state index contributed by atoms with van der Waals surface area (Å²) in [4.78, 5) is 0. The molecule has 3 N–H and O–H groups in total. The van der Waals surface area contributed by atoms with Crippen molar-refractivity contribution < 1.29 is 17.6 Å². The van der Waals surface area contributed by atoms with Crippen LogP contribution >= 0.6 is 15.9 Å². The molecular formula is C13H9BrF4N2.